The quantitative estimate of drug-likeness (QED) is 0.713. The molecule has 3 N–H and O–H groups in total. The van der Waals surface area contributed by atoms with Crippen LogP contribution in [0.3, 0.4) is 0 Å². The first-order valence-electron chi connectivity index (χ1n) is 7.74. The molecule has 0 spiro atoms. The molecule has 0 heterocycles. The summed E-state index contributed by atoms with van der Waals surface area (Å²) >= 11 is 0. The fourth-order valence-corrected chi connectivity index (χ4v) is 2.78. The number of halogens is 2. The summed E-state index contributed by atoms with van der Waals surface area (Å²) in [5.41, 5.74) is 0.652. The minimum Gasteiger partial charge on any atom is -0.491 e. The number of ether oxygens (including phenoxy) is 1. The van der Waals surface area contributed by atoms with Crippen molar-refractivity contribution in [2.75, 3.05) is 13.2 Å². The number of primary sulfonamides is 1. The number of carbonyl (C=O) groups excluding carboxylic acids is 1. The van der Waals surface area contributed by atoms with E-state index >= 15 is 0 Å². The third-order valence-corrected chi connectivity index (χ3v) is 4.48. The summed E-state index contributed by atoms with van der Waals surface area (Å²) in [6.45, 7) is 2.06. The van der Waals surface area contributed by atoms with Crippen molar-refractivity contribution in [1.82, 2.24) is 5.32 Å². The molecule has 0 radical (unpaired) electrons. The number of carbonyl (C=O) groups is 1. The molecule has 0 bridgehead atoms. The number of amides is 1. The molecular weight excluding hydrogens is 366 g/mol. The van der Waals surface area contributed by atoms with Gasteiger partial charge in [-0.15, -0.1) is 0 Å². The van der Waals surface area contributed by atoms with Crippen LogP contribution in [0.4, 0.5) is 8.78 Å². The van der Waals surface area contributed by atoms with Gasteiger partial charge < -0.3 is 10.1 Å². The van der Waals surface area contributed by atoms with Crippen LogP contribution in [0.5, 0.6) is 5.75 Å². The Morgan fingerprint density at radius 1 is 1.15 bits per heavy atom. The van der Waals surface area contributed by atoms with E-state index in [0.29, 0.717) is 17.7 Å². The zero-order valence-electron chi connectivity index (χ0n) is 14.0. The van der Waals surface area contributed by atoms with Crippen LogP contribution in [-0.4, -0.2) is 27.5 Å². The van der Waals surface area contributed by atoms with E-state index in [1.807, 2.05) is 6.92 Å². The summed E-state index contributed by atoms with van der Waals surface area (Å²) in [6, 6.07) is 7.13. The summed E-state index contributed by atoms with van der Waals surface area (Å²) in [7, 11) is -3.80. The molecule has 2 aromatic carbocycles. The lowest BCUT2D eigenvalue weighted by atomic mass is 10.1. The summed E-state index contributed by atoms with van der Waals surface area (Å²) in [6.07, 6.45) is 0.528. The predicted octanol–water partition coefficient (Wildman–Crippen LogP) is 1.98. The van der Waals surface area contributed by atoms with Crippen LogP contribution in [-0.2, 0) is 16.4 Å². The average Bonchev–Trinajstić information content (AvgIpc) is 2.60. The number of nitrogens with one attached hydrogen (secondary N) is 1. The number of rotatable bonds is 7. The highest BCUT2D eigenvalue weighted by molar-refractivity contribution is 7.89. The van der Waals surface area contributed by atoms with Crippen molar-refractivity contribution >= 4 is 15.9 Å². The molecule has 0 aliphatic carbocycles. The molecule has 26 heavy (non-hydrogen) atoms. The van der Waals surface area contributed by atoms with Crippen molar-refractivity contribution in [3.63, 3.8) is 0 Å². The number of hydrogen-bond donors (Lipinski definition) is 2. The molecule has 0 saturated heterocycles. The Kier molecular flexibility index (Phi) is 6.27. The van der Waals surface area contributed by atoms with E-state index in [1.54, 1.807) is 0 Å². The zero-order valence-corrected chi connectivity index (χ0v) is 14.8. The fraction of sp³-hybridized carbons (Fsp3) is 0.235. The van der Waals surface area contributed by atoms with Gasteiger partial charge in [-0.3, -0.25) is 4.79 Å². The normalized spacial score (nSPS) is 11.2. The molecule has 0 aliphatic heterocycles. The van der Waals surface area contributed by atoms with Gasteiger partial charge in [-0.1, -0.05) is 6.92 Å². The zero-order chi connectivity index (χ0) is 19.3. The highest BCUT2D eigenvalue weighted by Gasteiger charge is 2.12. The fourth-order valence-electron chi connectivity index (χ4n) is 2.21. The molecule has 0 fully saturated rings. The molecule has 0 unspecified atom stereocenters. The molecule has 2 rings (SSSR count). The maximum Gasteiger partial charge on any atom is 0.251 e. The largest absolute Gasteiger partial charge is 0.491 e. The lowest BCUT2D eigenvalue weighted by Crippen LogP contribution is -2.28. The van der Waals surface area contributed by atoms with E-state index in [4.69, 9.17) is 9.88 Å². The van der Waals surface area contributed by atoms with E-state index in [-0.39, 0.29) is 23.6 Å². The Bertz CT molecular complexity index is 917. The second-order valence-corrected chi connectivity index (χ2v) is 6.96. The number of benzene rings is 2. The van der Waals surface area contributed by atoms with Crippen LogP contribution >= 0.6 is 0 Å². The van der Waals surface area contributed by atoms with Crippen LogP contribution in [0.1, 0.15) is 22.8 Å². The highest BCUT2D eigenvalue weighted by Crippen LogP contribution is 2.22. The number of hydrogen-bond acceptors (Lipinski definition) is 4. The van der Waals surface area contributed by atoms with Crippen molar-refractivity contribution in [3.8, 4) is 5.75 Å². The van der Waals surface area contributed by atoms with Gasteiger partial charge >= 0.3 is 0 Å². The van der Waals surface area contributed by atoms with Crippen molar-refractivity contribution in [3.05, 3.63) is 59.2 Å². The monoisotopic (exact) mass is 384 g/mol. The van der Waals surface area contributed by atoms with Crippen LogP contribution in [0.15, 0.2) is 41.3 Å². The minimum atomic E-state index is -3.80. The molecule has 9 heteroatoms. The molecule has 140 valence electrons. The Balaban J connectivity index is 1.93. The first-order chi connectivity index (χ1) is 12.2. The van der Waals surface area contributed by atoms with Crippen LogP contribution < -0.4 is 15.2 Å². The van der Waals surface area contributed by atoms with Gasteiger partial charge in [0, 0.05) is 5.56 Å². The van der Waals surface area contributed by atoms with Crippen molar-refractivity contribution in [2.45, 2.75) is 18.2 Å². The molecule has 0 aliphatic rings. The molecule has 0 atom stereocenters. The number of nitrogens with two attached hydrogens (primary N) is 1. The molecular formula is C17H18F2N2O4S. The van der Waals surface area contributed by atoms with Gasteiger partial charge in [-0.2, -0.15) is 0 Å². The number of sulfonamides is 1. The molecule has 1 amide bonds. The molecule has 0 aromatic heterocycles. The topological polar surface area (TPSA) is 98.5 Å². The van der Waals surface area contributed by atoms with Gasteiger partial charge in [0.1, 0.15) is 12.4 Å². The maximum absolute atomic E-state index is 13.1. The average molecular weight is 384 g/mol. The van der Waals surface area contributed by atoms with Crippen LogP contribution in [0, 0.1) is 11.6 Å². The van der Waals surface area contributed by atoms with Crippen molar-refractivity contribution < 1.29 is 26.7 Å². The van der Waals surface area contributed by atoms with Crippen molar-refractivity contribution in [2.24, 2.45) is 5.14 Å². The third-order valence-electron chi connectivity index (χ3n) is 3.57. The molecule has 6 nitrogen and oxygen atoms in total. The third kappa shape index (κ3) is 4.99. The Morgan fingerprint density at radius 3 is 2.50 bits per heavy atom. The van der Waals surface area contributed by atoms with Crippen LogP contribution in [0.25, 0.3) is 0 Å². The van der Waals surface area contributed by atoms with E-state index in [0.717, 1.165) is 12.1 Å². The second-order valence-electron chi connectivity index (χ2n) is 5.40. The summed E-state index contributed by atoms with van der Waals surface area (Å²) in [5.74, 6) is -2.22. The summed E-state index contributed by atoms with van der Waals surface area (Å²) < 4.78 is 54.2. The Hall–Kier alpha value is -2.52. The van der Waals surface area contributed by atoms with Gasteiger partial charge in [0.05, 0.1) is 11.4 Å². The Labute approximate surface area is 150 Å². The van der Waals surface area contributed by atoms with Gasteiger partial charge in [0.15, 0.2) is 11.6 Å². The Morgan fingerprint density at radius 2 is 1.88 bits per heavy atom. The van der Waals surface area contributed by atoms with E-state index in [2.05, 4.69) is 5.32 Å². The SMILES string of the molecule is CCc1cc(S(N)(=O)=O)ccc1OCCNC(=O)c1ccc(F)c(F)c1. The van der Waals surface area contributed by atoms with E-state index < -0.39 is 27.6 Å². The molecule has 0 saturated carbocycles. The number of aryl methyl sites for hydroxylation is 1. The highest BCUT2D eigenvalue weighted by atomic mass is 32.2. The van der Waals surface area contributed by atoms with Gasteiger partial charge in [0.25, 0.3) is 5.91 Å². The lowest BCUT2D eigenvalue weighted by Gasteiger charge is -2.12. The maximum atomic E-state index is 13.1. The second kappa shape index (κ2) is 8.24. The van der Waals surface area contributed by atoms with Crippen LogP contribution in [0.2, 0.25) is 0 Å². The minimum absolute atomic E-state index is 0.00403. The summed E-state index contributed by atoms with van der Waals surface area (Å²) in [4.78, 5) is 11.9. The van der Waals surface area contributed by atoms with E-state index in [9.17, 15) is 22.0 Å². The smallest absolute Gasteiger partial charge is 0.251 e. The van der Waals surface area contributed by atoms with Gasteiger partial charge in [0.2, 0.25) is 10.0 Å². The van der Waals surface area contributed by atoms with Gasteiger partial charge in [-0.05, 0) is 48.4 Å². The standard InChI is InChI=1S/C17H18F2N2O4S/c1-2-11-9-13(26(20,23)24)4-6-16(11)25-8-7-21-17(22)12-3-5-14(18)15(19)10-12/h3-6,9-10H,2,7-8H2,1H3,(H,21,22)(H2,20,23,24). The molecule has 2 aromatic rings. The first-order valence-corrected chi connectivity index (χ1v) is 9.28. The summed E-state index contributed by atoms with van der Waals surface area (Å²) in [5, 5.41) is 7.61. The van der Waals surface area contributed by atoms with Gasteiger partial charge in [-0.25, -0.2) is 22.3 Å². The van der Waals surface area contributed by atoms with Crippen molar-refractivity contribution in [1.29, 1.82) is 0 Å². The predicted molar refractivity (Wildman–Crippen MR) is 91.4 cm³/mol. The van der Waals surface area contributed by atoms with E-state index in [1.165, 1.54) is 24.3 Å². The lowest BCUT2D eigenvalue weighted by molar-refractivity contribution is 0.0946. The first kappa shape index (κ1) is 19.8.